The third-order valence-electron chi connectivity index (χ3n) is 3.22. The molecular formula is C11H22N2O4S. The van der Waals surface area contributed by atoms with Gasteiger partial charge in [-0.15, -0.1) is 0 Å². The van der Waals surface area contributed by atoms with Crippen LogP contribution in [0.25, 0.3) is 0 Å². The molecule has 1 rings (SSSR count). The molecule has 0 aromatic rings. The summed E-state index contributed by atoms with van der Waals surface area (Å²) in [6, 6.07) is 0.753. The van der Waals surface area contributed by atoms with Crippen molar-refractivity contribution in [2.45, 2.75) is 44.7 Å². The highest BCUT2D eigenvalue weighted by atomic mass is 32.2. The number of aliphatic carboxylic acids is 1. The summed E-state index contributed by atoms with van der Waals surface area (Å²) in [5, 5.41) is 8.45. The Morgan fingerprint density at radius 3 is 2.61 bits per heavy atom. The van der Waals surface area contributed by atoms with E-state index in [1.807, 2.05) is 14.0 Å². The molecule has 1 atom stereocenters. The average Bonchev–Trinajstić information content (AvgIpc) is 3.08. The Labute approximate surface area is 108 Å². The van der Waals surface area contributed by atoms with E-state index in [-0.39, 0.29) is 24.6 Å². The number of rotatable bonds is 9. The first-order valence-electron chi connectivity index (χ1n) is 6.23. The Morgan fingerprint density at radius 1 is 1.50 bits per heavy atom. The van der Waals surface area contributed by atoms with Gasteiger partial charge in [0, 0.05) is 25.0 Å². The van der Waals surface area contributed by atoms with E-state index in [1.165, 1.54) is 12.8 Å². The predicted molar refractivity (Wildman–Crippen MR) is 68.9 cm³/mol. The first-order valence-corrected chi connectivity index (χ1v) is 7.88. The van der Waals surface area contributed by atoms with Crippen LogP contribution in [0.5, 0.6) is 0 Å². The molecule has 0 radical (unpaired) electrons. The van der Waals surface area contributed by atoms with Crippen LogP contribution in [0.1, 0.15) is 32.6 Å². The zero-order chi connectivity index (χ0) is 13.8. The molecule has 0 bridgehead atoms. The number of nitrogens with zero attached hydrogens (tertiary/aromatic N) is 1. The van der Waals surface area contributed by atoms with E-state index in [1.54, 1.807) is 0 Å². The van der Waals surface area contributed by atoms with Crippen LogP contribution in [-0.2, 0) is 14.8 Å². The monoisotopic (exact) mass is 278 g/mol. The summed E-state index contributed by atoms with van der Waals surface area (Å²) in [6.07, 6.45) is 2.41. The largest absolute Gasteiger partial charge is 0.481 e. The van der Waals surface area contributed by atoms with Gasteiger partial charge in [-0.1, -0.05) is 0 Å². The molecule has 0 aliphatic heterocycles. The van der Waals surface area contributed by atoms with Crippen LogP contribution < -0.4 is 4.72 Å². The van der Waals surface area contributed by atoms with Crippen molar-refractivity contribution < 1.29 is 18.3 Å². The van der Waals surface area contributed by atoms with Crippen molar-refractivity contribution in [3.8, 4) is 0 Å². The van der Waals surface area contributed by atoms with Gasteiger partial charge >= 0.3 is 5.97 Å². The molecule has 106 valence electrons. The molecule has 0 saturated heterocycles. The number of nitrogens with one attached hydrogen (secondary N) is 1. The van der Waals surface area contributed by atoms with Gasteiger partial charge in [-0.2, -0.15) is 0 Å². The lowest BCUT2D eigenvalue weighted by atomic mass is 10.3. The SMILES string of the molecule is CC(CNS(=O)(=O)CCCC(=O)O)N(C)C1CC1. The highest BCUT2D eigenvalue weighted by Crippen LogP contribution is 2.26. The quantitative estimate of drug-likeness (QED) is 0.631. The molecule has 0 aromatic heterocycles. The molecule has 0 heterocycles. The third kappa shape index (κ3) is 5.79. The summed E-state index contributed by atoms with van der Waals surface area (Å²) < 4.78 is 25.7. The zero-order valence-corrected chi connectivity index (χ0v) is 11.7. The van der Waals surface area contributed by atoms with Gasteiger partial charge in [0.1, 0.15) is 0 Å². The summed E-state index contributed by atoms with van der Waals surface area (Å²) in [6.45, 7) is 2.36. The van der Waals surface area contributed by atoms with Crippen LogP contribution >= 0.6 is 0 Å². The van der Waals surface area contributed by atoms with Gasteiger partial charge in [0.2, 0.25) is 10.0 Å². The number of hydrogen-bond acceptors (Lipinski definition) is 4. The maximum absolute atomic E-state index is 11.6. The minimum absolute atomic E-state index is 0.113. The van der Waals surface area contributed by atoms with Crippen molar-refractivity contribution in [3.63, 3.8) is 0 Å². The van der Waals surface area contributed by atoms with E-state index < -0.39 is 16.0 Å². The summed E-state index contributed by atoms with van der Waals surface area (Å²) >= 11 is 0. The van der Waals surface area contributed by atoms with E-state index >= 15 is 0 Å². The molecular weight excluding hydrogens is 256 g/mol. The normalized spacial score (nSPS) is 17.9. The average molecular weight is 278 g/mol. The van der Waals surface area contributed by atoms with Crippen LogP contribution in [0.3, 0.4) is 0 Å². The van der Waals surface area contributed by atoms with Crippen molar-refractivity contribution >= 4 is 16.0 Å². The Bertz CT molecular complexity index is 379. The number of likely N-dealkylation sites (N-methyl/N-ethyl adjacent to an activating group) is 1. The number of carboxylic acids is 1. The molecule has 2 N–H and O–H groups in total. The summed E-state index contributed by atoms with van der Waals surface area (Å²) in [5.74, 6) is -1.09. The maximum atomic E-state index is 11.6. The van der Waals surface area contributed by atoms with Gasteiger partial charge in [0.05, 0.1) is 5.75 Å². The molecule has 6 nitrogen and oxygen atoms in total. The van der Waals surface area contributed by atoms with Crippen LogP contribution in [0.2, 0.25) is 0 Å². The van der Waals surface area contributed by atoms with Gasteiger partial charge in [0.15, 0.2) is 0 Å². The topological polar surface area (TPSA) is 86.7 Å². The minimum atomic E-state index is -3.35. The Hall–Kier alpha value is -0.660. The van der Waals surface area contributed by atoms with Crippen molar-refractivity contribution in [2.75, 3.05) is 19.3 Å². The second-order valence-corrected chi connectivity index (χ2v) is 6.84. The second kappa shape index (κ2) is 6.49. The standard InChI is InChI=1S/C11H22N2O4S/c1-9(13(2)10-5-6-10)8-12-18(16,17)7-3-4-11(14)15/h9-10,12H,3-8H2,1-2H3,(H,14,15). The number of sulfonamides is 1. The van der Waals surface area contributed by atoms with Crippen molar-refractivity contribution in [1.29, 1.82) is 0 Å². The van der Waals surface area contributed by atoms with E-state index in [2.05, 4.69) is 9.62 Å². The summed E-state index contributed by atoms with van der Waals surface area (Å²) in [5.41, 5.74) is 0. The molecule has 1 aliphatic carbocycles. The predicted octanol–water partition coefficient (Wildman–Crippen LogP) is 0.253. The van der Waals surface area contributed by atoms with Gasteiger partial charge in [-0.05, 0) is 33.2 Å². The summed E-state index contributed by atoms with van der Waals surface area (Å²) in [4.78, 5) is 12.5. The van der Waals surface area contributed by atoms with E-state index in [9.17, 15) is 13.2 Å². The number of carboxylic acid groups (broad SMARTS) is 1. The van der Waals surface area contributed by atoms with Crippen molar-refractivity contribution in [3.05, 3.63) is 0 Å². The molecule has 1 saturated carbocycles. The lowest BCUT2D eigenvalue weighted by Crippen LogP contribution is -2.41. The lowest BCUT2D eigenvalue weighted by Gasteiger charge is -2.24. The Balaban J connectivity index is 2.25. The fraction of sp³-hybridized carbons (Fsp3) is 0.909. The molecule has 0 spiro atoms. The van der Waals surface area contributed by atoms with Crippen LogP contribution in [0, 0.1) is 0 Å². The molecule has 1 unspecified atom stereocenters. The minimum Gasteiger partial charge on any atom is -0.481 e. The molecule has 0 aromatic carbocycles. The van der Waals surface area contributed by atoms with Gasteiger partial charge in [-0.3, -0.25) is 9.69 Å². The van der Waals surface area contributed by atoms with E-state index in [0.29, 0.717) is 12.6 Å². The van der Waals surface area contributed by atoms with Crippen LogP contribution in [-0.4, -0.2) is 55.8 Å². The van der Waals surface area contributed by atoms with Gasteiger partial charge in [0.25, 0.3) is 0 Å². The fourth-order valence-electron chi connectivity index (χ4n) is 1.72. The van der Waals surface area contributed by atoms with Crippen molar-refractivity contribution in [2.24, 2.45) is 0 Å². The molecule has 18 heavy (non-hydrogen) atoms. The van der Waals surface area contributed by atoms with E-state index in [4.69, 9.17) is 5.11 Å². The van der Waals surface area contributed by atoms with Gasteiger partial charge < -0.3 is 5.11 Å². The first kappa shape index (κ1) is 15.4. The smallest absolute Gasteiger partial charge is 0.303 e. The Kier molecular flexibility index (Phi) is 5.55. The maximum Gasteiger partial charge on any atom is 0.303 e. The molecule has 1 fully saturated rings. The third-order valence-corrected chi connectivity index (χ3v) is 4.65. The number of hydrogen-bond donors (Lipinski definition) is 2. The summed E-state index contributed by atoms with van der Waals surface area (Å²) in [7, 11) is -1.35. The molecule has 7 heteroatoms. The van der Waals surface area contributed by atoms with Crippen LogP contribution in [0.15, 0.2) is 0 Å². The zero-order valence-electron chi connectivity index (χ0n) is 10.9. The van der Waals surface area contributed by atoms with Crippen molar-refractivity contribution in [1.82, 2.24) is 9.62 Å². The molecule has 1 aliphatic rings. The first-order chi connectivity index (χ1) is 8.32. The van der Waals surface area contributed by atoms with Gasteiger partial charge in [-0.25, -0.2) is 13.1 Å². The fourth-order valence-corrected chi connectivity index (χ4v) is 2.88. The van der Waals surface area contributed by atoms with E-state index in [0.717, 1.165) is 0 Å². The second-order valence-electron chi connectivity index (χ2n) is 4.91. The highest BCUT2D eigenvalue weighted by Gasteiger charge is 2.29. The number of carbonyl (C=O) groups is 1. The van der Waals surface area contributed by atoms with Crippen LogP contribution in [0.4, 0.5) is 0 Å². The molecule has 0 amide bonds. The lowest BCUT2D eigenvalue weighted by molar-refractivity contribution is -0.137. The highest BCUT2D eigenvalue weighted by molar-refractivity contribution is 7.89. The Morgan fingerprint density at radius 2 is 2.11 bits per heavy atom.